The second-order valence-corrected chi connectivity index (χ2v) is 10.1. The van der Waals surface area contributed by atoms with Crippen molar-refractivity contribution in [1.29, 1.82) is 0 Å². The first kappa shape index (κ1) is 23.9. The molecule has 12 heteroatoms. The molecule has 34 heavy (non-hydrogen) atoms. The summed E-state index contributed by atoms with van der Waals surface area (Å²) < 4.78 is -1.09. The molecule has 2 heterocycles. The van der Waals surface area contributed by atoms with E-state index in [0.29, 0.717) is 5.56 Å². The van der Waals surface area contributed by atoms with E-state index in [1.807, 2.05) is 24.3 Å². The Labute approximate surface area is 202 Å². The predicted octanol–water partition coefficient (Wildman–Crippen LogP) is 1.23. The van der Waals surface area contributed by atoms with Crippen molar-refractivity contribution in [2.24, 2.45) is 5.16 Å². The normalized spacial score (nSPS) is 24.2. The molecule has 2 aromatic rings. The van der Waals surface area contributed by atoms with Crippen molar-refractivity contribution in [3.05, 3.63) is 48.0 Å². The summed E-state index contributed by atoms with van der Waals surface area (Å²) >= 11 is 2.49. The maximum absolute atomic E-state index is 13.1. The fraction of sp³-hybridized carbons (Fsp3) is 0.318. The highest BCUT2D eigenvalue weighted by atomic mass is 32.2. The van der Waals surface area contributed by atoms with Gasteiger partial charge in [0.05, 0.1) is 0 Å². The van der Waals surface area contributed by atoms with Gasteiger partial charge in [0, 0.05) is 17.9 Å². The molecule has 0 aliphatic carbocycles. The summed E-state index contributed by atoms with van der Waals surface area (Å²) in [6, 6.07) is 11.8. The van der Waals surface area contributed by atoms with E-state index >= 15 is 0 Å². The molecule has 10 nitrogen and oxygen atoms in total. The molecular weight excluding hydrogens is 482 g/mol. The SMILES string of the molecule is CSC1(C(=O)O)CS[C@@H]2C(NC(=O)C(=NOCC(=O)O)c3ccc4ccccc4c3)C(=O)N2C1. The van der Waals surface area contributed by atoms with Crippen LogP contribution in [0.2, 0.25) is 0 Å². The summed E-state index contributed by atoms with van der Waals surface area (Å²) in [6.07, 6.45) is 1.70. The molecule has 0 spiro atoms. The van der Waals surface area contributed by atoms with E-state index in [2.05, 4.69) is 10.5 Å². The van der Waals surface area contributed by atoms with Crippen LogP contribution in [0.5, 0.6) is 0 Å². The molecule has 3 atom stereocenters. The van der Waals surface area contributed by atoms with Crippen LogP contribution in [0.4, 0.5) is 0 Å². The molecule has 2 aliphatic rings. The zero-order chi connectivity index (χ0) is 24.5. The summed E-state index contributed by atoms with van der Waals surface area (Å²) in [4.78, 5) is 54.7. The van der Waals surface area contributed by atoms with Crippen LogP contribution in [0.3, 0.4) is 0 Å². The van der Waals surface area contributed by atoms with Crippen LogP contribution in [0.1, 0.15) is 5.56 Å². The Kier molecular flexibility index (Phi) is 6.71. The van der Waals surface area contributed by atoms with Crippen LogP contribution in [0, 0.1) is 0 Å². The Morgan fingerprint density at radius 2 is 1.97 bits per heavy atom. The Balaban J connectivity index is 1.54. The number of hydrogen-bond donors (Lipinski definition) is 3. The van der Waals surface area contributed by atoms with Crippen LogP contribution in [-0.4, -0.2) is 85.9 Å². The number of amides is 2. The van der Waals surface area contributed by atoms with Crippen molar-refractivity contribution in [2.75, 3.05) is 25.2 Å². The van der Waals surface area contributed by atoms with E-state index in [4.69, 9.17) is 9.94 Å². The summed E-state index contributed by atoms with van der Waals surface area (Å²) in [5.41, 5.74) is 0.233. The maximum atomic E-state index is 13.1. The van der Waals surface area contributed by atoms with Crippen molar-refractivity contribution in [2.45, 2.75) is 16.2 Å². The van der Waals surface area contributed by atoms with Crippen molar-refractivity contribution in [3.63, 3.8) is 0 Å². The van der Waals surface area contributed by atoms with Gasteiger partial charge in [0.15, 0.2) is 5.71 Å². The lowest BCUT2D eigenvalue weighted by atomic mass is 10.0. The zero-order valence-electron chi connectivity index (χ0n) is 18.0. The molecule has 0 saturated carbocycles. The molecule has 2 aromatic carbocycles. The van der Waals surface area contributed by atoms with Gasteiger partial charge < -0.3 is 25.3 Å². The minimum absolute atomic E-state index is 0.0553. The van der Waals surface area contributed by atoms with Gasteiger partial charge in [0.1, 0.15) is 16.2 Å². The molecular formula is C22H21N3O7S2. The third-order valence-electron chi connectivity index (χ3n) is 5.70. The van der Waals surface area contributed by atoms with Crippen molar-refractivity contribution in [1.82, 2.24) is 10.2 Å². The standard InChI is InChI=1S/C22H21N3O7S2/c1-33-22(21(30)31)10-25-19(29)17(20(25)34-11-22)23-18(28)16(24-32-9-15(26)27)14-7-6-12-4-2-3-5-13(12)8-14/h2-8,17,20H,9-11H2,1H3,(H,23,28)(H,26,27)(H,30,31)/t17?,20-,22?/m1/s1. The number of aliphatic carboxylic acids is 2. The Morgan fingerprint density at radius 3 is 2.65 bits per heavy atom. The molecule has 2 amide bonds. The van der Waals surface area contributed by atoms with Gasteiger partial charge >= 0.3 is 11.9 Å². The van der Waals surface area contributed by atoms with Gasteiger partial charge in [-0.05, 0) is 23.1 Å². The minimum Gasteiger partial charge on any atom is -0.480 e. The Bertz CT molecular complexity index is 1200. The fourth-order valence-corrected chi connectivity index (χ4v) is 6.32. The Morgan fingerprint density at radius 1 is 1.24 bits per heavy atom. The number of hydrogen-bond acceptors (Lipinski definition) is 8. The van der Waals surface area contributed by atoms with Crippen LogP contribution in [-0.2, 0) is 24.0 Å². The van der Waals surface area contributed by atoms with Gasteiger partial charge in [-0.3, -0.25) is 14.4 Å². The molecule has 0 aromatic heterocycles. The van der Waals surface area contributed by atoms with Gasteiger partial charge in [0.2, 0.25) is 12.5 Å². The largest absolute Gasteiger partial charge is 0.480 e. The number of fused-ring (bicyclic) bond motifs is 2. The topological polar surface area (TPSA) is 146 Å². The average Bonchev–Trinajstić information content (AvgIpc) is 2.83. The lowest BCUT2D eigenvalue weighted by molar-refractivity contribution is -0.151. The number of β-lactam (4-membered cyclic amide) rings is 1. The van der Waals surface area contributed by atoms with E-state index in [9.17, 15) is 24.3 Å². The third-order valence-corrected chi connectivity index (χ3v) is 8.64. The molecule has 0 bridgehead atoms. The average molecular weight is 504 g/mol. The molecule has 2 saturated heterocycles. The van der Waals surface area contributed by atoms with E-state index in [-0.39, 0.29) is 23.9 Å². The zero-order valence-corrected chi connectivity index (χ0v) is 19.6. The van der Waals surface area contributed by atoms with Crippen LogP contribution in [0.25, 0.3) is 10.8 Å². The lowest BCUT2D eigenvalue weighted by Crippen LogP contribution is -2.74. The first-order valence-electron chi connectivity index (χ1n) is 10.2. The van der Waals surface area contributed by atoms with Crippen LogP contribution in [0.15, 0.2) is 47.6 Å². The number of nitrogens with zero attached hydrogens (tertiary/aromatic N) is 2. The van der Waals surface area contributed by atoms with E-state index in [1.54, 1.807) is 24.5 Å². The highest BCUT2D eigenvalue weighted by Crippen LogP contribution is 2.43. The van der Waals surface area contributed by atoms with E-state index in [0.717, 1.165) is 10.8 Å². The monoisotopic (exact) mass is 503 g/mol. The Hall–Kier alpha value is -3.25. The van der Waals surface area contributed by atoms with Crippen molar-refractivity contribution < 1.29 is 34.2 Å². The fourth-order valence-electron chi connectivity index (χ4n) is 3.82. The predicted molar refractivity (Wildman–Crippen MR) is 128 cm³/mol. The summed E-state index contributed by atoms with van der Waals surface area (Å²) in [7, 11) is 0. The summed E-state index contributed by atoms with van der Waals surface area (Å²) in [6.45, 7) is -0.676. The van der Waals surface area contributed by atoms with Gasteiger partial charge in [-0.25, -0.2) is 4.79 Å². The van der Waals surface area contributed by atoms with Crippen LogP contribution >= 0.6 is 23.5 Å². The first-order chi connectivity index (χ1) is 16.3. The summed E-state index contributed by atoms with van der Waals surface area (Å²) in [5, 5.41) is 26.2. The number of thioether (sulfide) groups is 2. The summed E-state index contributed by atoms with van der Waals surface area (Å²) in [5.74, 6) is -3.01. The highest BCUT2D eigenvalue weighted by Gasteiger charge is 2.57. The maximum Gasteiger partial charge on any atom is 0.344 e. The number of rotatable bonds is 8. The van der Waals surface area contributed by atoms with Crippen LogP contribution < -0.4 is 5.32 Å². The number of nitrogens with one attached hydrogen (secondary N) is 1. The van der Waals surface area contributed by atoms with E-state index in [1.165, 1.54) is 28.4 Å². The van der Waals surface area contributed by atoms with Gasteiger partial charge in [0.25, 0.3) is 5.91 Å². The molecule has 0 radical (unpaired) electrons. The van der Waals surface area contributed by atoms with Gasteiger partial charge in [-0.1, -0.05) is 41.6 Å². The third kappa shape index (κ3) is 4.42. The highest BCUT2D eigenvalue weighted by molar-refractivity contribution is 8.04. The van der Waals surface area contributed by atoms with Crippen molar-refractivity contribution >= 4 is 63.8 Å². The minimum atomic E-state index is -1.25. The molecule has 178 valence electrons. The number of benzene rings is 2. The second-order valence-electron chi connectivity index (χ2n) is 7.79. The molecule has 4 rings (SSSR count). The molecule has 3 N–H and O–H groups in total. The number of oxime groups is 1. The number of carbonyl (C=O) groups is 4. The second kappa shape index (κ2) is 9.55. The molecule has 2 fully saturated rings. The number of carbonyl (C=O) groups excluding carboxylic acids is 2. The first-order valence-corrected chi connectivity index (χ1v) is 12.5. The quantitative estimate of drug-likeness (QED) is 0.275. The van der Waals surface area contributed by atoms with Gasteiger partial charge in [-0.15, -0.1) is 23.5 Å². The van der Waals surface area contributed by atoms with E-state index < -0.39 is 40.6 Å². The van der Waals surface area contributed by atoms with Crippen molar-refractivity contribution in [3.8, 4) is 0 Å². The smallest absolute Gasteiger partial charge is 0.344 e. The lowest BCUT2D eigenvalue weighted by Gasteiger charge is -2.53. The number of carboxylic acid groups (broad SMARTS) is 2. The number of carboxylic acids is 2. The molecule has 2 unspecified atom stereocenters. The van der Waals surface area contributed by atoms with Gasteiger partial charge in [-0.2, -0.15) is 0 Å². The molecule has 2 aliphatic heterocycles.